The van der Waals surface area contributed by atoms with Gasteiger partial charge in [0, 0.05) is 30.4 Å². The van der Waals surface area contributed by atoms with Crippen molar-refractivity contribution < 1.29 is 4.39 Å². The Hall–Kier alpha value is -1.30. The van der Waals surface area contributed by atoms with E-state index in [9.17, 15) is 4.39 Å². The molecule has 0 bridgehead atoms. The molecule has 0 N–H and O–H groups in total. The van der Waals surface area contributed by atoms with Gasteiger partial charge in [0.05, 0.1) is 11.3 Å². The first kappa shape index (κ1) is 31.9. The summed E-state index contributed by atoms with van der Waals surface area (Å²) in [6, 6.07) is 6.36. The summed E-state index contributed by atoms with van der Waals surface area (Å²) >= 11 is 7.96. The van der Waals surface area contributed by atoms with Crippen molar-refractivity contribution in [3.05, 3.63) is 47.9 Å². The number of aryl methyl sites for hydroxylation is 1. The summed E-state index contributed by atoms with van der Waals surface area (Å²) in [5.41, 5.74) is 1.08. The third-order valence-electron chi connectivity index (χ3n) is 3.59. The number of hydrogen-bond donors (Lipinski definition) is 0. The van der Waals surface area contributed by atoms with Crippen LogP contribution in [0.25, 0.3) is 10.9 Å². The first-order chi connectivity index (χ1) is 14.9. The standard InChI is InChI=1S/C14H20ClN3S.C6H9F.C3H8.C2H6/c1-4-8-18(9-5-2)19-11-6-7-13-12(10-11)14(15)16-17(13)3;1-3-5-6(7)4-2;1-3-2;1-2/h6-7,10H,4-5,8-9H2,1-3H3;3,5H,1,4H2,2H3;3H2,1-2H3;1-2H3/b;6-5+;;. The van der Waals surface area contributed by atoms with Gasteiger partial charge in [0.1, 0.15) is 0 Å². The molecule has 0 saturated heterocycles. The van der Waals surface area contributed by atoms with Gasteiger partial charge in [-0.1, -0.05) is 79.1 Å². The van der Waals surface area contributed by atoms with Crippen LogP contribution in [0.4, 0.5) is 4.39 Å². The van der Waals surface area contributed by atoms with Crippen LogP contribution in [-0.4, -0.2) is 27.2 Å². The molecule has 2 rings (SSSR count). The maximum Gasteiger partial charge on any atom is 0.158 e. The van der Waals surface area contributed by atoms with Gasteiger partial charge >= 0.3 is 0 Å². The maximum atomic E-state index is 11.9. The minimum Gasteiger partial charge on any atom is -0.266 e. The molecule has 1 heterocycles. The lowest BCUT2D eigenvalue weighted by molar-refractivity contribution is 0.467. The molecule has 0 fully saturated rings. The molecule has 0 unspecified atom stereocenters. The van der Waals surface area contributed by atoms with Crippen LogP contribution in [0, 0.1) is 0 Å². The van der Waals surface area contributed by atoms with Gasteiger partial charge < -0.3 is 0 Å². The van der Waals surface area contributed by atoms with Crippen molar-refractivity contribution in [3.8, 4) is 0 Å². The Kier molecular flexibility index (Phi) is 21.2. The van der Waals surface area contributed by atoms with Crippen LogP contribution < -0.4 is 0 Å². The molecule has 0 amide bonds. The molecule has 3 nitrogen and oxygen atoms in total. The summed E-state index contributed by atoms with van der Waals surface area (Å²) in [4.78, 5) is 1.23. The summed E-state index contributed by atoms with van der Waals surface area (Å²) in [5.74, 6) is -0.116. The van der Waals surface area contributed by atoms with Gasteiger partial charge in [-0.15, -0.1) is 0 Å². The highest BCUT2D eigenvalue weighted by molar-refractivity contribution is 7.97. The summed E-state index contributed by atoms with van der Waals surface area (Å²) in [7, 11) is 1.92. The fraction of sp³-hybridized carbons (Fsp3) is 0.560. The van der Waals surface area contributed by atoms with Crippen LogP contribution in [0.3, 0.4) is 0 Å². The van der Waals surface area contributed by atoms with Crippen molar-refractivity contribution in [2.75, 3.05) is 13.1 Å². The van der Waals surface area contributed by atoms with Crippen LogP contribution in [-0.2, 0) is 7.05 Å². The fourth-order valence-corrected chi connectivity index (χ4v) is 3.77. The van der Waals surface area contributed by atoms with Gasteiger partial charge in [0.25, 0.3) is 0 Å². The Morgan fingerprint density at radius 1 is 1.16 bits per heavy atom. The second-order valence-corrected chi connectivity index (χ2v) is 8.05. The lowest BCUT2D eigenvalue weighted by Crippen LogP contribution is -2.17. The predicted molar refractivity (Wildman–Crippen MR) is 141 cm³/mol. The molecule has 0 atom stereocenters. The Balaban J connectivity index is 0. The number of rotatable bonds is 8. The highest BCUT2D eigenvalue weighted by atomic mass is 35.5. The minimum atomic E-state index is -0.116. The van der Waals surface area contributed by atoms with Crippen LogP contribution in [0.15, 0.2) is 47.7 Å². The zero-order valence-electron chi connectivity index (χ0n) is 20.8. The molecule has 0 aliphatic carbocycles. The molecule has 0 spiro atoms. The van der Waals surface area contributed by atoms with Crippen molar-refractivity contribution in [3.63, 3.8) is 0 Å². The lowest BCUT2D eigenvalue weighted by Gasteiger charge is -2.19. The SMILES string of the molecule is C=C/C=C(/F)CC.CC.CCC.CCCN(CCC)Sc1ccc2c(c1)c(Cl)nn2C. The quantitative estimate of drug-likeness (QED) is 0.282. The molecule has 0 aliphatic rings. The largest absolute Gasteiger partial charge is 0.266 e. The molecule has 2 aromatic rings. The van der Waals surface area contributed by atoms with E-state index in [-0.39, 0.29) is 5.83 Å². The van der Waals surface area contributed by atoms with Crippen LogP contribution >= 0.6 is 23.5 Å². The Morgan fingerprint density at radius 3 is 2.13 bits per heavy atom. The van der Waals surface area contributed by atoms with Gasteiger partial charge in [-0.2, -0.15) is 5.10 Å². The van der Waals surface area contributed by atoms with Crippen LogP contribution in [0.2, 0.25) is 5.15 Å². The third kappa shape index (κ3) is 13.7. The smallest absolute Gasteiger partial charge is 0.158 e. The molecule has 31 heavy (non-hydrogen) atoms. The maximum absolute atomic E-state index is 11.9. The molecule has 1 aromatic heterocycles. The zero-order chi connectivity index (χ0) is 24.2. The highest BCUT2D eigenvalue weighted by Crippen LogP contribution is 2.29. The second kappa shape index (κ2) is 20.6. The molecular formula is C25H43ClFN3S. The average molecular weight is 472 g/mol. The Bertz CT molecular complexity index is 738. The summed E-state index contributed by atoms with van der Waals surface area (Å²) in [6.45, 7) is 20.0. The molecule has 6 heteroatoms. The normalized spacial score (nSPS) is 10.5. The van der Waals surface area contributed by atoms with Crippen LogP contribution in [0.1, 0.15) is 74.1 Å². The van der Waals surface area contributed by atoms with Gasteiger partial charge in [-0.05, 0) is 55.5 Å². The monoisotopic (exact) mass is 471 g/mol. The van der Waals surface area contributed by atoms with Gasteiger partial charge in [-0.3, -0.25) is 4.68 Å². The van der Waals surface area contributed by atoms with Gasteiger partial charge in [-0.25, -0.2) is 8.70 Å². The van der Waals surface area contributed by atoms with Crippen molar-refractivity contribution >= 4 is 34.5 Å². The van der Waals surface area contributed by atoms with Crippen LogP contribution in [0.5, 0.6) is 0 Å². The van der Waals surface area contributed by atoms with E-state index in [2.05, 4.69) is 61.9 Å². The van der Waals surface area contributed by atoms with E-state index >= 15 is 0 Å². The fourth-order valence-electron chi connectivity index (χ4n) is 2.36. The number of allylic oxidation sites excluding steroid dienone is 3. The van der Waals surface area contributed by atoms with E-state index in [4.69, 9.17) is 11.6 Å². The number of nitrogens with zero attached hydrogens (tertiary/aromatic N) is 3. The number of benzene rings is 1. The molecule has 1 aromatic carbocycles. The number of aromatic nitrogens is 2. The molecular weight excluding hydrogens is 429 g/mol. The molecule has 0 aliphatic heterocycles. The Morgan fingerprint density at radius 2 is 1.71 bits per heavy atom. The first-order valence-electron chi connectivity index (χ1n) is 11.4. The highest BCUT2D eigenvalue weighted by Gasteiger charge is 2.10. The van der Waals surface area contributed by atoms with Crippen molar-refractivity contribution in [2.45, 2.75) is 79.0 Å². The first-order valence-corrected chi connectivity index (χ1v) is 12.6. The summed E-state index contributed by atoms with van der Waals surface area (Å²) < 4.78 is 16.2. The van der Waals surface area contributed by atoms with E-state index < -0.39 is 0 Å². The van der Waals surface area contributed by atoms with E-state index in [1.807, 2.05) is 37.5 Å². The number of hydrogen-bond acceptors (Lipinski definition) is 3. The van der Waals surface area contributed by atoms with E-state index in [1.165, 1.54) is 36.3 Å². The van der Waals surface area contributed by atoms with Crippen molar-refractivity contribution in [1.29, 1.82) is 0 Å². The van der Waals surface area contributed by atoms with Gasteiger partial charge in [0.15, 0.2) is 5.15 Å². The molecule has 178 valence electrons. The Labute approximate surface area is 199 Å². The number of fused-ring (bicyclic) bond motifs is 1. The summed E-state index contributed by atoms with van der Waals surface area (Å²) in [5, 5.41) is 5.85. The lowest BCUT2D eigenvalue weighted by atomic mass is 10.2. The van der Waals surface area contributed by atoms with Crippen molar-refractivity contribution in [1.82, 2.24) is 14.1 Å². The minimum absolute atomic E-state index is 0.116. The average Bonchev–Trinajstić information content (AvgIpc) is 3.04. The number of halogens is 2. The van der Waals surface area contributed by atoms with E-state index in [1.54, 1.807) is 6.92 Å². The molecule has 0 saturated carbocycles. The molecule has 0 radical (unpaired) electrons. The second-order valence-electron chi connectivity index (χ2n) is 6.52. The predicted octanol–water partition coefficient (Wildman–Crippen LogP) is 9.23. The zero-order valence-corrected chi connectivity index (χ0v) is 22.4. The third-order valence-corrected chi connectivity index (χ3v) is 4.96. The van der Waals surface area contributed by atoms with Crippen molar-refractivity contribution in [2.24, 2.45) is 7.05 Å². The topological polar surface area (TPSA) is 21.1 Å². The van der Waals surface area contributed by atoms with E-state index in [0.717, 1.165) is 24.0 Å². The van der Waals surface area contributed by atoms with E-state index in [0.29, 0.717) is 11.6 Å². The summed E-state index contributed by atoms with van der Waals surface area (Å²) in [6.07, 6.45) is 6.86. The van der Waals surface area contributed by atoms with Gasteiger partial charge in [0.2, 0.25) is 0 Å².